The topological polar surface area (TPSA) is 55.1 Å². The second-order valence-electron chi connectivity index (χ2n) is 2.96. The van der Waals surface area contributed by atoms with Gasteiger partial charge in [0.1, 0.15) is 12.1 Å². The lowest BCUT2D eigenvalue weighted by Gasteiger charge is -2.03. The minimum atomic E-state index is -0.373. The molecule has 1 aromatic carbocycles. The van der Waals surface area contributed by atoms with Crippen LogP contribution < -0.4 is 5.32 Å². The fourth-order valence-electron chi connectivity index (χ4n) is 1.13. The average Bonchev–Trinajstić information content (AvgIpc) is 2.70. The SMILES string of the molecule is O=C(Nc1ccon1)c1ccc(F)cc1I. The lowest BCUT2D eigenvalue weighted by atomic mass is 10.2. The fourth-order valence-corrected chi connectivity index (χ4v) is 1.86. The highest BCUT2D eigenvalue weighted by atomic mass is 127. The molecule has 6 heteroatoms. The molecule has 0 aliphatic heterocycles. The quantitative estimate of drug-likeness (QED) is 0.861. The number of amides is 1. The van der Waals surface area contributed by atoms with Crippen molar-refractivity contribution in [3.05, 3.63) is 45.5 Å². The number of carbonyl (C=O) groups is 1. The number of nitrogens with one attached hydrogen (secondary N) is 1. The van der Waals surface area contributed by atoms with Gasteiger partial charge >= 0.3 is 0 Å². The van der Waals surface area contributed by atoms with Crippen molar-refractivity contribution in [3.8, 4) is 0 Å². The summed E-state index contributed by atoms with van der Waals surface area (Å²) in [6, 6.07) is 5.47. The van der Waals surface area contributed by atoms with E-state index in [4.69, 9.17) is 0 Å². The van der Waals surface area contributed by atoms with Gasteiger partial charge in [0.15, 0.2) is 5.82 Å². The maximum Gasteiger partial charge on any atom is 0.257 e. The van der Waals surface area contributed by atoms with Gasteiger partial charge in [-0.15, -0.1) is 0 Å². The molecule has 0 fully saturated rings. The molecule has 0 radical (unpaired) electrons. The largest absolute Gasteiger partial charge is 0.363 e. The van der Waals surface area contributed by atoms with Crippen LogP contribution in [0.3, 0.4) is 0 Å². The lowest BCUT2D eigenvalue weighted by molar-refractivity contribution is 0.102. The van der Waals surface area contributed by atoms with Crippen molar-refractivity contribution in [3.63, 3.8) is 0 Å². The molecule has 1 heterocycles. The monoisotopic (exact) mass is 332 g/mol. The van der Waals surface area contributed by atoms with Gasteiger partial charge < -0.3 is 9.84 Å². The molecule has 16 heavy (non-hydrogen) atoms. The standard InChI is InChI=1S/C10H6FIN2O2/c11-6-1-2-7(8(12)5-6)10(15)13-9-3-4-16-14-9/h1-5H,(H,13,14,15). The summed E-state index contributed by atoms with van der Waals surface area (Å²) in [6.45, 7) is 0. The number of anilines is 1. The predicted molar refractivity (Wildman–Crippen MR) is 63.6 cm³/mol. The van der Waals surface area contributed by atoms with Crippen LogP contribution in [0.2, 0.25) is 0 Å². The van der Waals surface area contributed by atoms with Crippen molar-refractivity contribution in [2.24, 2.45) is 0 Å². The Kier molecular flexibility index (Phi) is 3.18. The van der Waals surface area contributed by atoms with Gasteiger partial charge in [0.05, 0.1) is 5.56 Å². The zero-order valence-corrected chi connectivity index (χ0v) is 10.1. The van der Waals surface area contributed by atoms with Crippen LogP contribution >= 0.6 is 22.6 Å². The summed E-state index contributed by atoms with van der Waals surface area (Å²) in [4.78, 5) is 11.7. The molecule has 82 valence electrons. The maximum absolute atomic E-state index is 12.8. The first-order valence-corrected chi connectivity index (χ1v) is 5.41. The smallest absolute Gasteiger partial charge is 0.257 e. The molecule has 0 aliphatic carbocycles. The van der Waals surface area contributed by atoms with E-state index in [0.29, 0.717) is 15.0 Å². The molecule has 1 aromatic heterocycles. The summed E-state index contributed by atoms with van der Waals surface area (Å²) in [5.74, 6) is -0.397. The number of aromatic nitrogens is 1. The van der Waals surface area contributed by atoms with Gasteiger partial charge in [0.2, 0.25) is 0 Å². The average molecular weight is 332 g/mol. The van der Waals surface area contributed by atoms with Gasteiger partial charge in [-0.2, -0.15) is 0 Å². The number of hydrogen-bond donors (Lipinski definition) is 1. The Hall–Kier alpha value is -1.44. The van der Waals surface area contributed by atoms with Gasteiger partial charge in [-0.25, -0.2) is 4.39 Å². The minimum absolute atomic E-state index is 0.324. The second-order valence-corrected chi connectivity index (χ2v) is 4.13. The second kappa shape index (κ2) is 4.60. The zero-order valence-electron chi connectivity index (χ0n) is 7.91. The molecular formula is C10H6FIN2O2. The molecule has 0 saturated heterocycles. The van der Waals surface area contributed by atoms with Crippen LogP contribution in [0.5, 0.6) is 0 Å². The van der Waals surface area contributed by atoms with E-state index in [9.17, 15) is 9.18 Å². The molecule has 0 spiro atoms. The summed E-state index contributed by atoms with van der Waals surface area (Å²) in [5.41, 5.74) is 0.394. The van der Waals surface area contributed by atoms with E-state index in [1.54, 1.807) is 0 Å². The first-order valence-electron chi connectivity index (χ1n) is 4.33. The number of halogens is 2. The molecule has 0 atom stereocenters. The summed E-state index contributed by atoms with van der Waals surface area (Å²) in [6.07, 6.45) is 1.35. The Bertz CT molecular complexity index is 514. The van der Waals surface area contributed by atoms with Crippen molar-refractivity contribution >= 4 is 34.3 Å². The first kappa shape index (κ1) is 11.1. The third-order valence-corrected chi connectivity index (χ3v) is 2.75. The van der Waals surface area contributed by atoms with E-state index in [-0.39, 0.29) is 11.7 Å². The molecule has 1 N–H and O–H groups in total. The van der Waals surface area contributed by atoms with E-state index in [2.05, 4.69) is 15.0 Å². The summed E-state index contributed by atoms with van der Waals surface area (Å²) in [5, 5.41) is 6.07. The van der Waals surface area contributed by atoms with Gasteiger partial charge in [0, 0.05) is 9.64 Å². The van der Waals surface area contributed by atoms with Gasteiger partial charge in [-0.05, 0) is 40.8 Å². The van der Waals surface area contributed by atoms with Crippen LogP contribution in [-0.4, -0.2) is 11.1 Å². The molecule has 0 bridgehead atoms. The molecule has 4 nitrogen and oxygen atoms in total. The van der Waals surface area contributed by atoms with Crippen molar-refractivity contribution in [2.75, 3.05) is 5.32 Å². The van der Waals surface area contributed by atoms with Crippen LogP contribution in [0.15, 0.2) is 35.1 Å². The number of hydrogen-bond acceptors (Lipinski definition) is 3. The predicted octanol–water partition coefficient (Wildman–Crippen LogP) is 2.67. The highest BCUT2D eigenvalue weighted by Crippen LogP contribution is 2.15. The Morgan fingerprint density at radius 2 is 2.25 bits per heavy atom. The molecule has 2 rings (SSSR count). The van der Waals surface area contributed by atoms with E-state index in [0.717, 1.165) is 0 Å². The van der Waals surface area contributed by atoms with E-state index in [1.807, 2.05) is 22.6 Å². The van der Waals surface area contributed by atoms with Crippen molar-refractivity contribution < 1.29 is 13.7 Å². The van der Waals surface area contributed by atoms with E-state index >= 15 is 0 Å². The van der Waals surface area contributed by atoms with Gasteiger partial charge in [-0.1, -0.05) is 5.16 Å². The Morgan fingerprint density at radius 1 is 1.44 bits per heavy atom. The Balaban J connectivity index is 2.21. The molecule has 0 aliphatic rings. The number of nitrogens with zero attached hydrogens (tertiary/aromatic N) is 1. The maximum atomic E-state index is 12.8. The van der Waals surface area contributed by atoms with Crippen LogP contribution in [0.1, 0.15) is 10.4 Å². The molecule has 0 saturated carbocycles. The van der Waals surface area contributed by atoms with Crippen LogP contribution in [0.4, 0.5) is 10.2 Å². The van der Waals surface area contributed by atoms with Gasteiger partial charge in [0.25, 0.3) is 5.91 Å². The molecule has 0 unspecified atom stereocenters. The highest BCUT2D eigenvalue weighted by molar-refractivity contribution is 14.1. The third kappa shape index (κ3) is 2.38. The number of benzene rings is 1. The van der Waals surface area contributed by atoms with Crippen molar-refractivity contribution in [2.45, 2.75) is 0 Å². The van der Waals surface area contributed by atoms with Crippen LogP contribution in [0, 0.1) is 9.39 Å². The van der Waals surface area contributed by atoms with Crippen molar-refractivity contribution in [1.29, 1.82) is 0 Å². The Morgan fingerprint density at radius 3 is 2.88 bits per heavy atom. The lowest BCUT2D eigenvalue weighted by Crippen LogP contribution is -2.13. The van der Waals surface area contributed by atoms with Crippen LogP contribution in [-0.2, 0) is 0 Å². The fraction of sp³-hybridized carbons (Fsp3) is 0. The molecule has 2 aromatic rings. The summed E-state index contributed by atoms with van der Waals surface area (Å²) < 4.78 is 17.9. The minimum Gasteiger partial charge on any atom is -0.363 e. The summed E-state index contributed by atoms with van der Waals surface area (Å²) >= 11 is 1.90. The van der Waals surface area contributed by atoms with Gasteiger partial charge in [-0.3, -0.25) is 4.79 Å². The van der Waals surface area contributed by atoms with E-state index < -0.39 is 0 Å². The molecule has 1 amide bonds. The number of carbonyl (C=O) groups excluding carboxylic acids is 1. The van der Waals surface area contributed by atoms with Crippen LogP contribution in [0.25, 0.3) is 0 Å². The first-order chi connectivity index (χ1) is 7.66. The molecular weight excluding hydrogens is 326 g/mol. The normalized spacial score (nSPS) is 10.1. The highest BCUT2D eigenvalue weighted by Gasteiger charge is 2.11. The van der Waals surface area contributed by atoms with Crippen molar-refractivity contribution in [1.82, 2.24) is 5.16 Å². The number of rotatable bonds is 2. The third-order valence-electron chi connectivity index (χ3n) is 1.86. The van der Waals surface area contributed by atoms with E-state index in [1.165, 1.54) is 30.5 Å². The Labute approximate surface area is 104 Å². The zero-order chi connectivity index (χ0) is 11.5. The summed E-state index contributed by atoms with van der Waals surface area (Å²) in [7, 11) is 0.